The largest absolute Gasteiger partial charge is 0.506 e. The maximum Gasteiger partial charge on any atom is 0.307 e. The molecule has 0 saturated carbocycles. The molecule has 1 aromatic carbocycles. The third kappa shape index (κ3) is 2.26. The number of hydrogen-bond donors (Lipinski definition) is 2. The number of nitrogens with zero attached hydrogens (tertiary/aromatic N) is 1. The Morgan fingerprint density at radius 1 is 1.53 bits per heavy atom. The average molecular weight is 205 g/mol. The van der Waals surface area contributed by atoms with Gasteiger partial charge < -0.3 is 10.2 Å². The van der Waals surface area contributed by atoms with Crippen LogP contribution in [0.4, 0.5) is 0 Å². The topological polar surface area (TPSA) is 81.3 Å². The summed E-state index contributed by atoms with van der Waals surface area (Å²) in [7, 11) is 0. The zero-order valence-corrected chi connectivity index (χ0v) is 8.32. The maximum absolute atomic E-state index is 10.6. The van der Waals surface area contributed by atoms with E-state index in [4.69, 9.17) is 10.4 Å². The van der Waals surface area contributed by atoms with Gasteiger partial charge in [-0.15, -0.1) is 0 Å². The van der Waals surface area contributed by atoms with Crippen LogP contribution in [0.3, 0.4) is 0 Å². The van der Waals surface area contributed by atoms with Crippen molar-refractivity contribution in [2.75, 3.05) is 0 Å². The molecule has 0 saturated heterocycles. The van der Waals surface area contributed by atoms with Crippen molar-refractivity contribution >= 4 is 5.97 Å². The number of phenols is 1. The molecule has 1 rings (SSSR count). The Morgan fingerprint density at radius 2 is 2.20 bits per heavy atom. The second-order valence-corrected chi connectivity index (χ2v) is 3.14. The van der Waals surface area contributed by atoms with E-state index in [1.807, 2.05) is 13.0 Å². The van der Waals surface area contributed by atoms with Crippen molar-refractivity contribution in [2.24, 2.45) is 0 Å². The Labute approximate surface area is 87.4 Å². The van der Waals surface area contributed by atoms with Crippen molar-refractivity contribution in [1.29, 1.82) is 5.26 Å². The molecule has 78 valence electrons. The predicted molar refractivity (Wildman–Crippen MR) is 53.5 cm³/mol. The van der Waals surface area contributed by atoms with E-state index < -0.39 is 5.97 Å². The Balaban J connectivity index is 3.25. The van der Waals surface area contributed by atoms with E-state index in [-0.39, 0.29) is 17.7 Å². The van der Waals surface area contributed by atoms with E-state index >= 15 is 0 Å². The minimum Gasteiger partial charge on any atom is -0.506 e. The van der Waals surface area contributed by atoms with E-state index in [0.29, 0.717) is 17.5 Å². The molecule has 0 atom stereocenters. The van der Waals surface area contributed by atoms with E-state index in [0.717, 1.165) is 0 Å². The Hall–Kier alpha value is -2.02. The highest BCUT2D eigenvalue weighted by atomic mass is 16.4. The molecule has 2 N–H and O–H groups in total. The molecular formula is C11H11NO3. The van der Waals surface area contributed by atoms with E-state index in [1.165, 1.54) is 6.07 Å². The third-order valence-corrected chi connectivity index (χ3v) is 2.20. The van der Waals surface area contributed by atoms with E-state index in [2.05, 4.69) is 0 Å². The van der Waals surface area contributed by atoms with Gasteiger partial charge in [0.25, 0.3) is 0 Å². The minimum atomic E-state index is -0.950. The van der Waals surface area contributed by atoms with Gasteiger partial charge in [0.2, 0.25) is 0 Å². The standard InChI is InChI=1S/C11H11NO3/c1-2-9-7(5-10(13)14)3-4-8(6-12)11(9)15/h3-4,15H,2,5H2,1H3,(H,13,14). The van der Waals surface area contributed by atoms with Crippen molar-refractivity contribution in [1.82, 2.24) is 0 Å². The van der Waals surface area contributed by atoms with Crippen LogP contribution in [0.5, 0.6) is 5.75 Å². The van der Waals surface area contributed by atoms with Gasteiger partial charge in [-0.1, -0.05) is 13.0 Å². The van der Waals surface area contributed by atoms with Crippen LogP contribution in [0.2, 0.25) is 0 Å². The SMILES string of the molecule is CCc1c(CC(=O)O)ccc(C#N)c1O. The lowest BCUT2D eigenvalue weighted by Crippen LogP contribution is -2.04. The number of benzene rings is 1. The summed E-state index contributed by atoms with van der Waals surface area (Å²) in [6.07, 6.45) is 0.367. The summed E-state index contributed by atoms with van der Waals surface area (Å²) in [5, 5.41) is 27.0. The Morgan fingerprint density at radius 3 is 2.67 bits per heavy atom. The fourth-order valence-corrected chi connectivity index (χ4v) is 1.49. The summed E-state index contributed by atoms with van der Waals surface area (Å²) in [4.78, 5) is 10.6. The van der Waals surface area contributed by atoms with Gasteiger partial charge in [0.1, 0.15) is 11.8 Å². The number of phenolic OH excluding ortho intramolecular Hbond substituents is 1. The second kappa shape index (κ2) is 4.47. The summed E-state index contributed by atoms with van der Waals surface area (Å²) in [5.74, 6) is -1.05. The quantitative estimate of drug-likeness (QED) is 0.782. The molecule has 0 spiro atoms. The van der Waals surface area contributed by atoms with Crippen LogP contribution in [0.15, 0.2) is 12.1 Å². The van der Waals surface area contributed by atoms with Crippen LogP contribution in [0.1, 0.15) is 23.6 Å². The number of aromatic hydroxyl groups is 1. The average Bonchev–Trinajstić information content (AvgIpc) is 2.18. The molecule has 0 amide bonds. The summed E-state index contributed by atoms with van der Waals surface area (Å²) >= 11 is 0. The smallest absolute Gasteiger partial charge is 0.307 e. The Bertz CT molecular complexity index is 432. The van der Waals surface area contributed by atoms with Crippen molar-refractivity contribution in [2.45, 2.75) is 19.8 Å². The van der Waals surface area contributed by atoms with Crippen LogP contribution in [0, 0.1) is 11.3 Å². The van der Waals surface area contributed by atoms with Gasteiger partial charge in [-0.2, -0.15) is 5.26 Å². The monoisotopic (exact) mass is 205 g/mol. The maximum atomic E-state index is 10.6. The fourth-order valence-electron chi connectivity index (χ4n) is 1.49. The molecule has 0 fully saturated rings. The molecule has 0 bridgehead atoms. The first kappa shape index (κ1) is 11.1. The molecule has 0 aliphatic rings. The van der Waals surface area contributed by atoms with Crippen LogP contribution >= 0.6 is 0 Å². The zero-order chi connectivity index (χ0) is 11.4. The molecule has 4 heteroatoms. The van der Waals surface area contributed by atoms with E-state index in [1.54, 1.807) is 6.07 Å². The van der Waals surface area contributed by atoms with Crippen molar-refractivity contribution < 1.29 is 15.0 Å². The molecule has 0 heterocycles. The molecule has 4 nitrogen and oxygen atoms in total. The summed E-state index contributed by atoms with van der Waals surface area (Å²) in [6, 6.07) is 4.86. The van der Waals surface area contributed by atoms with Crippen LogP contribution < -0.4 is 0 Å². The first-order valence-corrected chi connectivity index (χ1v) is 4.55. The van der Waals surface area contributed by atoms with Crippen LogP contribution in [0.25, 0.3) is 0 Å². The van der Waals surface area contributed by atoms with Gasteiger partial charge in [-0.25, -0.2) is 0 Å². The van der Waals surface area contributed by atoms with Crippen molar-refractivity contribution in [3.05, 3.63) is 28.8 Å². The number of carboxylic acid groups (broad SMARTS) is 1. The highest BCUT2D eigenvalue weighted by molar-refractivity contribution is 5.71. The summed E-state index contributed by atoms with van der Waals surface area (Å²) < 4.78 is 0. The zero-order valence-electron chi connectivity index (χ0n) is 8.32. The van der Waals surface area contributed by atoms with Gasteiger partial charge in [-0.05, 0) is 23.6 Å². The lowest BCUT2D eigenvalue weighted by Gasteiger charge is -2.08. The normalized spacial score (nSPS) is 9.60. The lowest BCUT2D eigenvalue weighted by molar-refractivity contribution is -0.136. The number of rotatable bonds is 3. The number of nitriles is 1. The number of hydrogen-bond acceptors (Lipinski definition) is 3. The molecule has 0 radical (unpaired) electrons. The predicted octanol–water partition coefficient (Wildman–Crippen LogP) is 1.45. The number of carbonyl (C=O) groups is 1. The second-order valence-electron chi connectivity index (χ2n) is 3.14. The van der Waals surface area contributed by atoms with Gasteiger partial charge >= 0.3 is 5.97 Å². The van der Waals surface area contributed by atoms with Gasteiger partial charge in [0.15, 0.2) is 0 Å². The van der Waals surface area contributed by atoms with Gasteiger partial charge in [0, 0.05) is 0 Å². The summed E-state index contributed by atoms with van der Waals surface area (Å²) in [6.45, 7) is 1.81. The highest BCUT2D eigenvalue weighted by Crippen LogP contribution is 2.26. The third-order valence-electron chi connectivity index (χ3n) is 2.20. The Kier molecular flexibility index (Phi) is 3.29. The fraction of sp³-hybridized carbons (Fsp3) is 0.273. The molecule has 1 aromatic rings. The number of carboxylic acids is 1. The van der Waals surface area contributed by atoms with Crippen LogP contribution in [-0.4, -0.2) is 16.2 Å². The number of aliphatic carboxylic acids is 1. The highest BCUT2D eigenvalue weighted by Gasteiger charge is 2.12. The molecule has 0 aliphatic heterocycles. The van der Waals surface area contributed by atoms with Crippen molar-refractivity contribution in [3.63, 3.8) is 0 Å². The van der Waals surface area contributed by atoms with Crippen LogP contribution in [-0.2, 0) is 17.6 Å². The molecular weight excluding hydrogens is 194 g/mol. The van der Waals surface area contributed by atoms with Crippen molar-refractivity contribution in [3.8, 4) is 11.8 Å². The first-order chi connectivity index (χ1) is 7.10. The molecule has 0 aromatic heterocycles. The molecule has 15 heavy (non-hydrogen) atoms. The van der Waals surface area contributed by atoms with E-state index in [9.17, 15) is 9.90 Å². The van der Waals surface area contributed by atoms with Gasteiger partial charge in [-0.3, -0.25) is 4.79 Å². The first-order valence-electron chi connectivity index (χ1n) is 4.55. The minimum absolute atomic E-state index is 0.0984. The lowest BCUT2D eigenvalue weighted by atomic mass is 9.98. The summed E-state index contributed by atoms with van der Waals surface area (Å²) in [5.41, 5.74) is 1.28. The molecule has 0 unspecified atom stereocenters. The molecule has 0 aliphatic carbocycles. The van der Waals surface area contributed by atoms with Gasteiger partial charge in [0.05, 0.1) is 12.0 Å².